The zero-order valence-electron chi connectivity index (χ0n) is 17.4. The third-order valence-corrected chi connectivity index (χ3v) is 5.32. The Morgan fingerprint density at radius 1 is 1.00 bits per heavy atom. The van der Waals surface area contributed by atoms with Crippen LogP contribution in [0, 0.1) is 6.92 Å². The molecular weight excluding hydrogens is 372 g/mol. The van der Waals surface area contributed by atoms with Crippen LogP contribution in [0.4, 0.5) is 5.69 Å². The number of nitrogens with zero attached hydrogens (tertiary/aromatic N) is 1. The third kappa shape index (κ3) is 3.64. The number of aromatic nitrogens is 1. The zero-order chi connectivity index (χ0) is 21.1. The summed E-state index contributed by atoms with van der Waals surface area (Å²) in [6, 6.07) is 23.3. The number of hydrogen-bond acceptors (Lipinski definition) is 3. The van der Waals surface area contributed by atoms with Crippen LogP contribution in [0.5, 0.6) is 5.75 Å². The number of nitrogens with one attached hydrogen (secondary N) is 1. The van der Waals surface area contributed by atoms with Gasteiger partial charge in [0.15, 0.2) is 0 Å². The van der Waals surface area contributed by atoms with Crippen LogP contribution in [-0.2, 0) is 6.42 Å². The standard InChI is InChI=1S/C26H24N2O2/c1-4-18-11-9-10-17(2)25(18)28-26(29)21-16-23(20-13-6-8-15-24(20)30-3)27-22-14-7-5-12-19(21)22/h5-16H,4H2,1-3H3,(H,28,29). The summed E-state index contributed by atoms with van der Waals surface area (Å²) in [5, 5.41) is 3.97. The lowest BCUT2D eigenvalue weighted by molar-refractivity contribution is 0.102. The number of methoxy groups -OCH3 is 1. The van der Waals surface area contributed by atoms with Gasteiger partial charge in [-0.05, 0) is 48.7 Å². The first-order chi connectivity index (χ1) is 14.6. The van der Waals surface area contributed by atoms with Gasteiger partial charge in [0.25, 0.3) is 5.91 Å². The maximum absolute atomic E-state index is 13.4. The molecule has 0 aliphatic carbocycles. The summed E-state index contributed by atoms with van der Waals surface area (Å²) >= 11 is 0. The Labute approximate surface area is 176 Å². The van der Waals surface area contributed by atoms with E-state index >= 15 is 0 Å². The molecule has 0 unspecified atom stereocenters. The molecule has 0 saturated carbocycles. The number of carbonyl (C=O) groups is 1. The highest BCUT2D eigenvalue weighted by Gasteiger charge is 2.17. The van der Waals surface area contributed by atoms with Gasteiger partial charge in [-0.15, -0.1) is 0 Å². The van der Waals surface area contributed by atoms with Crippen molar-refractivity contribution in [2.24, 2.45) is 0 Å². The molecule has 1 heterocycles. The van der Waals surface area contributed by atoms with Crippen LogP contribution >= 0.6 is 0 Å². The van der Waals surface area contributed by atoms with E-state index in [1.165, 1.54) is 0 Å². The topological polar surface area (TPSA) is 51.2 Å². The van der Waals surface area contributed by atoms with E-state index in [1.807, 2.05) is 79.7 Å². The molecular formula is C26H24N2O2. The molecule has 0 aliphatic rings. The van der Waals surface area contributed by atoms with E-state index in [2.05, 4.69) is 12.2 Å². The molecule has 1 N–H and O–H groups in total. The van der Waals surface area contributed by atoms with Gasteiger partial charge in [0.05, 0.1) is 23.9 Å². The lowest BCUT2D eigenvalue weighted by Gasteiger charge is -2.15. The summed E-state index contributed by atoms with van der Waals surface area (Å²) in [5.41, 5.74) is 5.96. The number of fused-ring (bicyclic) bond motifs is 1. The molecule has 0 saturated heterocycles. The van der Waals surface area contributed by atoms with Crippen molar-refractivity contribution in [2.75, 3.05) is 12.4 Å². The first kappa shape index (κ1) is 19.6. The van der Waals surface area contributed by atoms with E-state index in [4.69, 9.17) is 9.72 Å². The summed E-state index contributed by atoms with van der Waals surface area (Å²) in [6.45, 7) is 4.10. The van der Waals surface area contributed by atoms with Gasteiger partial charge >= 0.3 is 0 Å². The Hall–Kier alpha value is -3.66. The minimum Gasteiger partial charge on any atom is -0.496 e. The molecule has 0 aliphatic heterocycles. The average molecular weight is 396 g/mol. The lowest BCUT2D eigenvalue weighted by Crippen LogP contribution is -2.15. The Balaban J connectivity index is 1.85. The zero-order valence-corrected chi connectivity index (χ0v) is 17.4. The van der Waals surface area contributed by atoms with E-state index in [9.17, 15) is 4.79 Å². The minimum absolute atomic E-state index is 0.145. The number of carbonyl (C=O) groups excluding carboxylic acids is 1. The van der Waals surface area contributed by atoms with Crippen molar-refractivity contribution >= 4 is 22.5 Å². The van der Waals surface area contributed by atoms with E-state index in [0.29, 0.717) is 11.3 Å². The first-order valence-corrected chi connectivity index (χ1v) is 10.1. The van der Waals surface area contributed by atoms with E-state index in [0.717, 1.165) is 45.5 Å². The van der Waals surface area contributed by atoms with Crippen molar-refractivity contribution in [3.8, 4) is 17.0 Å². The van der Waals surface area contributed by atoms with Crippen molar-refractivity contribution in [2.45, 2.75) is 20.3 Å². The monoisotopic (exact) mass is 396 g/mol. The van der Waals surface area contributed by atoms with E-state index in [-0.39, 0.29) is 5.91 Å². The van der Waals surface area contributed by atoms with Gasteiger partial charge in [0.1, 0.15) is 5.75 Å². The van der Waals surface area contributed by atoms with Crippen molar-refractivity contribution in [3.05, 3.63) is 89.5 Å². The van der Waals surface area contributed by atoms with Crippen LogP contribution in [0.25, 0.3) is 22.2 Å². The molecule has 0 bridgehead atoms. The van der Waals surface area contributed by atoms with E-state index < -0.39 is 0 Å². The van der Waals surface area contributed by atoms with Crippen LogP contribution in [0.2, 0.25) is 0 Å². The highest BCUT2D eigenvalue weighted by Crippen LogP contribution is 2.32. The summed E-state index contributed by atoms with van der Waals surface area (Å²) in [5.74, 6) is 0.576. The molecule has 4 nitrogen and oxygen atoms in total. The fourth-order valence-corrected chi connectivity index (χ4v) is 3.74. The summed E-state index contributed by atoms with van der Waals surface area (Å²) in [6.07, 6.45) is 0.848. The number of benzene rings is 3. The van der Waals surface area contributed by atoms with Crippen LogP contribution in [-0.4, -0.2) is 18.0 Å². The molecule has 1 aromatic heterocycles. The molecule has 4 heteroatoms. The number of anilines is 1. The molecule has 4 aromatic rings. The van der Waals surface area contributed by atoms with Crippen LogP contribution in [0.15, 0.2) is 72.8 Å². The van der Waals surface area contributed by atoms with Crippen LogP contribution in [0.3, 0.4) is 0 Å². The predicted molar refractivity (Wildman–Crippen MR) is 122 cm³/mol. The first-order valence-electron chi connectivity index (χ1n) is 10.1. The summed E-state index contributed by atoms with van der Waals surface area (Å²) in [7, 11) is 1.64. The molecule has 30 heavy (non-hydrogen) atoms. The number of hydrogen-bond donors (Lipinski definition) is 1. The summed E-state index contributed by atoms with van der Waals surface area (Å²) in [4.78, 5) is 18.2. The van der Waals surface area contributed by atoms with Gasteiger partial charge in [-0.1, -0.05) is 55.5 Å². The van der Waals surface area contributed by atoms with Crippen LogP contribution < -0.4 is 10.1 Å². The maximum atomic E-state index is 13.4. The van der Waals surface area contributed by atoms with Gasteiger partial charge < -0.3 is 10.1 Å². The second kappa shape index (κ2) is 8.37. The fraction of sp³-hybridized carbons (Fsp3) is 0.154. The predicted octanol–water partition coefficient (Wildman–Crippen LogP) is 6.03. The quantitative estimate of drug-likeness (QED) is 0.448. The van der Waals surface area contributed by atoms with Crippen molar-refractivity contribution in [1.82, 2.24) is 4.98 Å². The van der Waals surface area contributed by atoms with Gasteiger partial charge in [-0.25, -0.2) is 4.98 Å². The fourth-order valence-electron chi connectivity index (χ4n) is 3.74. The molecule has 0 spiro atoms. The van der Waals surface area contributed by atoms with Crippen molar-refractivity contribution in [3.63, 3.8) is 0 Å². The molecule has 150 valence electrons. The highest BCUT2D eigenvalue weighted by molar-refractivity contribution is 6.13. The Morgan fingerprint density at radius 2 is 1.77 bits per heavy atom. The van der Waals surface area contributed by atoms with Crippen molar-refractivity contribution < 1.29 is 9.53 Å². The molecule has 3 aromatic carbocycles. The largest absolute Gasteiger partial charge is 0.496 e. The molecule has 0 atom stereocenters. The van der Waals surface area contributed by atoms with Crippen molar-refractivity contribution in [1.29, 1.82) is 0 Å². The Bertz CT molecular complexity index is 1230. The molecule has 1 amide bonds. The summed E-state index contributed by atoms with van der Waals surface area (Å²) < 4.78 is 5.51. The lowest BCUT2D eigenvalue weighted by atomic mass is 10.0. The smallest absolute Gasteiger partial charge is 0.256 e. The molecule has 0 radical (unpaired) electrons. The Morgan fingerprint density at radius 3 is 2.57 bits per heavy atom. The van der Waals surface area contributed by atoms with Gasteiger partial charge in [0.2, 0.25) is 0 Å². The Kier molecular flexibility index (Phi) is 5.48. The minimum atomic E-state index is -0.145. The average Bonchev–Trinajstić information content (AvgIpc) is 2.79. The van der Waals surface area contributed by atoms with Crippen LogP contribution in [0.1, 0.15) is 28.4 Å². The second-order valence-corrected chi connectivity index (χ2v) is 7.19. The maximum Gasteiger partial charge on any atom is 0.256 e. The molecule has 0 fully saturated rings. The normalized spacial score (nSPS) is 10.8. The van der Waals surface area contributed by atoms with E-state index in [1.54, 1.807) is 7.11 Å². The highest BCUT2D eigenvalue weighted by atomic mass is 16.5. The number of rotatable bonds is 5. The SMILES string of the molecule is CCc1cccc(C)c1NC(=O)c1cc(-c2ccccc2OC)nc2ccccc12. The molecule has 4 rings (SSSR count). The van der Waals surface area contributed by atoms with Gasteiger partial charge in [0, 0.05) is 16.6 Å². The number of para-hydroxylation sites is 3. The third-order valence-electron chi connectivity index (χ3n) is 5.32. The number of amides is 1. The number of pyridine rings is 1. The number of ether oxygens (including phenoxy) is 1. The second-order valence-electron chi connectivity index (χ2n) is 7.19. The number of aryl methyl sites for hydroxylation is 2. The van der Waals surface area contributed by atoms with Gasteiger partial charge in [-0.2, -0.15) is 0 Å². The van der Waals surface area contributed by atoms with Gasteiger partial charge in [-0.3, -0.25) is 4.79 Å².